The van der Waals surface area contributed by atoms with Crippen LogP contribution in [0.3, 0.4) is 0 Å². The van der Waals surface area contributed by atoms with Gasteiger partial charge in [0.2, 0.25) is 5.89 Å². The van der Waals surface area contributed by atoms with E-state index in [1.165, 1.54) is 18.2 Å². The molecule has 1 N–H and O–H groups in total. The van der Waals surface area contributed by atoms with Crippen LogP contribution < -0.4 is 5.32 Å². The van der Waals surface area contributed by atoms with Crippen molar-refractivity contribution in [3.63, 3.8) is 0 Å². The zero-order chi connectivity index (χ0) is 13.8. The second-order valence-electron chi connectivity index (χ2n) is 4.38. The second kappa shape index (κ2) is 7.31. The van der Waals surface area contributed by atoms with Gasteiger partial charge in [0, 0.05) is 18.0 Å². The molecule has 2 aromatic rings. The van der Waals surface area contributed by atoms with Crippen LogP contribution in [-0.2, 0) is 12.8 Å². The lowest BCUT2D eigenvalue weighted by atomic mass is 10.1. The summed E-state index contributed by atoms with van der Waals surface area (Å²) in [5.74, 6) is -0.484. The van der Waals surface area contributed by atoms with E-state index in [-0.39, 0.29) is 36.3 Å². The van der Waals surface area contributed by atoms with Crippen molar-refractivity contribution < 1.29 is 13.3 Å². The fourth-order valence-corrected chi connectivity index (χ4v) is 1.67. The van der Waals surface area contributed by atoms with Gasteiger partial charge in [-0.25, -0.2) is 8.78 Å². The summed E-state index contributed by atoms with van der Waals surface area (Å²) in [7, 11) is 1.83. The fraction of sp³-hybridized carbons (Fsp3) is 0.385. The first kappa shape index (κ1) is 16.5. The van der Waals surface area contributed by atoms with Crippen molar-refractivity contribution in [3.8, 4) is 0 Å². The van der Waals surface area contributed by atoms with E-state index in [4.69, 9.17) is 4.52 Å². The maximum atomic E-state index is 13.5. The van der Waals surface area contributed by atoms with E-state index < -0.39 is 11.6 Å². The summed E-state index contributed by atoms with van der Waals surface area (Å²) in [5, 5.41) is 6.84. The summed E-state index contributed by atoms with van der Waals surface area (Å²) in [5.41, 5.74) is -0.0561. The standard InChI is InChI=1S/C13H15F2N3O.ClH/c1-8(16-2)6-12-17-13(19-18-12)7-9-10(14)4-3-5-11(9)15;/h3-5,8,16H,6-7H2,1-2H3;1H. The Labute approximate surface area is 122 Å². The number of likely N-dealkylation sites (N-methyl/N-ethyl adjacent to an activating group) is 1. The van der Waals surface area contributed by atoms with E-state index in [1.54, 1.807) is 0 Å². The molecule has 0 saturated heterocycles. The van der Waals surface area contributed by atoms with Gasteiger partial charge in [0.15, 0.2) is 5.82 Å². The SMILES string of the molecule is CNC(C)Cc1noc(Cc2c(F)cccc2F)n1.Cl. The molecule has 4 nitrogen and oxygen atoms in total. The third-order valence-corrected chi connectivity index (χ3v) is 2.88. The van der Waals surface area contributed by atoms with Crippen LogP contribution in [0, 0.1) is 11.6 Å². The highest BCUT2D eigenvalue weighted by Crippen LogP contribution is 2.16. The first-order valence-corrected chi connectivity index (χ1v) is 6.01. The van der Waals surface area contributed by atoms with Crippen LogP contribution in [-0.4, -0.2) is 23.2 Å². The predicted octanol–water partition coefficient (Wildman–Crippen LogP) is 2.51. The zero-order valence-corrected chi connectivity index (χ0v) is 12.0. The van der Waals surface area contributed by atoms with Crippen LogP contribution in [0.5, 0.6) is 0 Å². The van der Waals surface area contributed by atoms with E-state index in [0.717, 1.165) is 0 Å². The Morgan fingerprint density at radius 3 is 2.55 bits per heavy atom. The van der Waals surface area contributed by atoms with Crippen LogP contribution in [0.1, 0.15) is 24.2 Å². The van der Waals surface area contributed by atoms with Crippen molar-refractivity contribution in [2.75, 3.05) is 7.05 Å². The molecule has 0 fully saturated rings. The average Bonchev–Trinajstić information content (AvgIpc) is 2.81. The summed E-state index contributed by atoms with van der Waals surface area (Å²) in [6.07, 6.45) is 0.555. The third-order valence-electron chi connectivity index (χ3n) is 2.88. The van der Waals surface area contributed by atoms with Crippen LogP contribution in [0.15, 0.2) is 22.7 Å². The van der Waals surface area contributed by atoms with Gasteiger partial charge < -0.3 is 9.84 Å². The summed E-state index contributed by atoms with van der Waals surface area (Å²) < 4.78 is 31.9. The minimum absolute atomic E-state index is 0. The average molecular weight is 304 g/mol. The van der Waals surface area contributed by atoms with Gasteiger partial charge in [-0.2, -0.15) is 4.98 Å². The molecule has 7 heteroatoms. The number of hydrogen-bond acceptors (Lipinski definition) is 4. The smallest absolute Gasteiger partial charge is 0.231 e. The molecule has 1 aromatic carbocycles. The number of benzene rings is 1. The molecule has 1 unspecified atom stereocenters. The maximum Gasteiger partial charge on any atom is 0.231 e. The highest BCUT2D eigenvalue weighted by Gasteiger charge is 2.14. The highest BCUT2D eigenvalue weighted by atomic mass is 35.5. The van der Waals surface area contributed by atoms with E-state index in [9.17, 15) is 8.78 Å². The molecule has 1 heterocycles. The summed E-state index contributed by atoms with van der Waals surface area (Å²) in [6, 6.07) is 3.94. The highest BCUT2D eigenvalue weighted by molar-refractivity contribution is 5.85. The molecular formula is C13H16ClF2N3O. The summed E-state index contributed by atoms with van der Waals surface area (Å²) in [4.78, 5) is 4.12. The van der Waals surface area contributed by atoms with Gasteiger partial charge >= 0.3 is 0 Å². The maximum absolute atomic E-state index is 13.5. The Bertz CT molecular complexity index is 542. The molecule has 0 aliphatic rings. The largest absolute Gasteiger partial charge is 0.339 e. The van der Waals surface area contributed by atoms with E-state index in [0.29, 0.717) is 12.2 Å². The van der Waals surface area contributed by atoms with Crippen LogP contribution in [0.2, 0.25) is 0 Å². The van der Waals surface area contributed by atoms with Crippen LogP contribution in [0.25, 0.3) is 0 Å². The molecule has 2 rings (SSSR count). The predicted molar refractivity (Wildman–Crippen MR) is 72.9 cm³/mol. The van der Waals surface area contributed by atoms with E-state index in [1.807, 2.05) is 14.0 Å². The molecular weight excluding hydrogens is 288 g/mol. The molecule has 0 saturated carbocycles. The van der Waals surface area contributed by atoms with Gasteiger partial charge in [-0.05, 0) is 26.1 Å². The molecule has 0 bridgehead atoms. The monoisotopic (exact) mass is 303 g/mol. The number of hydrogen-bond donors (Lipinski definition) is 1. The Balaban J connectivity index is 0.00000200. The number of nitrogens with zero attached hydrogens (tertiary/aromatic N) is 2. The Morgan fingerprint density at radius 1 is 1.30 bits per heavy atom. The lowest BCUT2D eigenvalue weighted by molar-refractivity contribution is 0.374. The third kappa shape index (κ3) is 3.98. The lowest BCUT2D eigenvalue weighted by Crippen LogP contribution is -2.24. The first-order chi connectivity index (χ1) is 9.10. The van der Waals surface area contributed by atoms with Gasteiger partial charge in [0.1, 0.15) is 11.6 Å². The molecule has 0 aliphatic heterocycles. The van der Waals surface area contributed by atoms with Crippen molar-refractivity contribution >= 4 is 12.4 Å². The van der Waals surface area contributed by atoms with Gasteiger partial charge in [-0.15, -0.1) is 12.4 Å². The van der Waals surface area contributed by atoms with E-state index in [2.05, 4.69) is 15.5 Å². The molecule has 0 radical (unpaired) electrons. The molecule has 0 spiro atoms. The van der Waals surface area contributed by atoms with Crippen LogP contribution in [0.4, 0.5) is 8.78 Å². The van der Waals surface area contributed by atoms with Gasteiger partial charge in [-0.1, -0.05) is 11.2 Å². The van der Waals surface area contributed by atoms with Crippen molar-refractivity contribution in [3.05, 3.63) is 47.1 Å². The first-order valence-electron chi connectivity index (χ1n) is 6.01. The Kier molecular flexibility index (Phi) is 6.04. The number of halogens is 3. The van der Waals surface area contributed by atoms with Gasteiger partial charge in [-0.3, -0.25) is 0 Å². The van der Waals surface area contributed by atoms with Gasteiger partial charge in [0.05, 0.1) is 6.42 Å². The van der Waals surface area contributed by atoms with Crippen molar-refractivity contribution in [1.29, 1.82) is 0 Å². The minimum Gasteiger partial charge on any atom is -0.339 e. The molecule has 110 valence electrons. The van der Waals surface area contributed by atoms with Crippen molar-refractivity contribution in [2.45, 2.75) is 25.8 Å². The fourth-order valence-electron chi connectivity index (χ4n) is 1.67. The lowest BCUT2D eigenvalue weighted by Gasteiger charge is -2.04. The normalized spacial score (nSPS) is 12.0. The molecule has 1 atom stereocenters. The summed E-state index contributed by atoms with van der Waals surface area (Å²) >= 11 is 0. The molecule has 0 aliphatic carbocycles. The summed E-state index contributed by atoms with van der Waals surface area (Å²) in [6.45, 7) is 1.98. The zero-order valence-electron chi connectivity index (χ0n) is 11.2. The van der Waals surface area contributed by atoms with E-state index >= 15 is 0 Å². The Hall–Kier alpha value is -1.53. The topological polar surface area (TPSA) is 51.0 Å². The van der Waals surface area contributed by atoms with Crippen molar-refractivity contribution in [2.24, 2.45) is 0 Å². The molecule has 0 amide bonds. The minimum atomic E-state index is -0.608. The Morgan fingerprint density at radius 2 is 1.95 bits per heavy atom. The molecule has 20 heavy (non-hydrogen) atoms. The van der Waals surface area contributed by atoms with Gasteiger partial charge in [0.25, 0.3) is 0 Å². The van der Waals surface area contributed by atoms with Crippen LogP contribution >= 0.6 is 12.4 Å². The number of rotatable bonds is 5. The van der Waals surface area contributed by atoms with Crippen molar-refractivity contribution in [1.82, 2.24) is 15.5 Å². The molecule has 1 aromatic heterocycles. The quantitative estimate of drug-likeness (QED) is 0.922. The number of aromatic nitrogens is 2. The second-order valence-corrected chi connectivity index (χ2v) is 4.38. The number of nitrogens with one attached hydrogen (secondary N) is 1.